The molecule has 0 aliphatic carbocycles. The lowest BCUT2D eigenvalue weighted by molar-refractivity contribution is -0.105. The number of carbonyl (C=O) groups excluding carboxylic acids is 1. The first kappa shape index (κ1) is 23.0. The van der Waals surface area contributed by atoms with Crippen molar-refractivity contribution >= 4 is 18.0 Å². The van der Waals surface area contributed by atoms with Gasteiger partial charge in [-0.1, -0.05) is 31.5 Å². The Bertz CT molecular complexity index is 863. The minimum Gasteiger partial charge on any atom is -0.491 e. The van der Waals surface area contributed by atoms with E-state index < -0.39 is 6.67 Å². The van der Waals surface area contributed by atoms with E-state index in [1.807, 2.05) is 36.4 Å². The van der Waals surface area contributed by atoms with Gasteiger partial charge in [-0.15, -0.1) is 0 Å². The minimum atomic E-state index is -0.392. The van der Waals surface area contributed by atoms with Crippen molar-refractivity contribution < 1.29 is 18.7 Å². The van der Waals surface area contributed by atoms with Crippen LogP contribution >= 0.6 is 0 Å². The third-order valence-corrected chi connectivity index (χ3v) is 5.43. The lowest BCUT2D eigenvalue weighted by Gasteiger charge is -2.27. The van der Waals surface area contributed by atoms with Crippen LogP contribution in [0, 0.1) is 0 Å². The van der Waals surface area contributed by atoms with Crippen molar-refractivity contribution in [1.82, 2.24) is 0 Å². The molecule has 31 heavy (non-hydrogen) atoms. The zero-order chi connectivity index (χ0) is 21.9. The molecule has 0 saturated heterocycles. The fourth-order valence-electron chi connectivity index (χ4n) is 3.74. The number of anilines is 1. The van der Waals surface area contributed by atoms with E-state index >= 15 is 0 Å². The molecule has 0 bridgehead atoms. The van der Waals surface area contributed by atoms with Gasteiger partial charge in [0.1, 0.15) is 25.3 Å². The third kappa shape index (κ3) is 6.66. The smallest absolute Gasteiger partial charge is 0.146 e. The van der Waals surface area contributed by atoms with Crippen LogP contribution in [-0.2, 0) is 9.53 Å². The zero-order valence-electron chi connectivity index (χ0n) is 18.3. The van der Waals surface area contributed by atoms with Crippen LogP contribution in [0.15, 0.2) is 48.0 Å². The molecule has 0 unspecified atom stereocenters. The highest BCUT2D eigenvalue weighted by atomic mass is 19.1. The molecule has 0 spiro atoms. The van der Waals surface area contributed by atoms with Gasteiger partial charge in [0.2, 0.25) is 0 Å². The highest BCUT2D eigenvalue weighted by molar-refractivity contribution is 5.86. The number of carbonyl (C=O) groups is 1. The van der Waals surface area contributed by atoms with E-state index in [0.717, 1.165) is 72.4 Å². The van der Waals surface area contributed by atoms with E-state index in [2.05, 4.69) is 24.0 Å². The predicted molar refractivity (Wildman–Crippen MR) is 125 cm³/mol. The quantitative estimate of drug-likeness (QED) is 0.342. The molecule has 1 heterocycles. The highest BCUT2D eigenvalue weighted by Crippen LogP contribution is 2.32. The Kier molecular flexibility index (Phi) is 9.10. The molecule has 0 fully saturated rings. The third-order valence-electron chi connectivity index (χ3n) is 5.43. The maximum Gasteiger partial charge on any atom is 0.146 e. The number of fused-ring (bicyclic) bond motifs is 1. The predicted octanol–water partition coefficient (Wildman–Crippen LogP) is 5.70. The van der Waals surface area contributed by atoms with Gasteiger partial charge in [0.05, 0.1) is 6.61 Å². The second-order valence-corrected chi connectivity index (χ2v) is 7.73. The fourth-order valence-corrected chi connectivity index (χ4v) is 3.74. The van der Waals surface area contributed by atoms with Crippen molar-refractivity contribution in [3.63, 3.8) is 0 Å². The molecule has 2 aromatic carbocycles. The van der Waals surface area contributed by atoms with Crippen molar-refractivity contribution in [3.05, 3.63) is 53.6 Å². The maximum atomic E-state index is 13.1. The van der Waals surface area contributed by atoms with Gasteiger partial charge in [0.15, 0.2) is 0 Å². The van der Waals surface area contributed by atoms with Crippen molar-refractivity contribution in [2.75, 3.05) is 44.5 Å². The second kappa shape index (κ2) is 12.3. The van der Waals surface area contributed by atoms with Gasteiger partial charge in [-0.05, 0) is 71.9 Å². The monoisotopic (exact) mass is 425 g/mol. The van der Waals surface area contributed by atoms with Gasteiger partial charge < -0.3 is 14.4 Å². The fraction of sp³-hybridized carbons (Fsp3) is 0.423. The molecular formula is C26H32FNO3. The normalized spacial score (nSPS) is 15.4. The summed E-state index contributed by atoms with van der Waals surface area (Å²) in [6.07, 6.45) is 6.63. The van der Waals surface area contributed by atoms with Crippen LogP contribution in [0.4, 0.5) is 10.1 Å². The van der Waals surface area contributed by atoms with E-state index in [4.69, 9.17) is 9.47 Å². The summed E-state index contributed by atoms with van der Waals surface area (Å²) in [7, 11) is 0. The van der Waals surface area contributed by atoms with Crippen molar-refractivity contribution in [2.45, 2.75) is 32.6 Å². The van der Waals surface area contributed by atoms with Crippen LogP contribution in [0.3, 0.4) is 0 Å². The number of hydrogen-bond donors (Lipinski definition) is 0. The van der Waals surface area contributed by atoms with Gasteiger partial charge in [-0.2, -0.15) is 0 Å². The lowest BCUT2D eigenvalue weighted by Crippen LogP contribution is -2.28. The largest absolute Gasteiger partial charge is 0.491 e. The van der Waals surface area contributed by atoms with Crippen LogP contribution in [-0.4, -0.2) is 45.9 Å². The molecule has 4 nitrogen and oxygen atoms in total. The van der Waals surface area contributed by atoms with Crippen molar-refractivity contribution in [3.8, 4) is 16.9 Å². The van der Waals surface area contributed by atoms with Crippen LogP contribution in [0.5, 0.6) is 5.75 Å². The summed E-state index contributed by atoms with van der Waals surface area (Å²) in [4.78, 5) is 13.5. The van der Waals surface area contributed by atoms with Crippen LogP contribution in [0.1, 0.15) is 38.2 Å². The van der Waals surface area contributed by atoms with E-state index in [0.29, 0.717) is 26.2 Å². The second-order valence-electron chi connectivity index (χ2n) is 7.73. The number of nitrogens with zero attached hydrogens (tertiary/aromatic N) is 1. The average molecular weight is 426 g/mol. The van der Waals surface area contributed by atoms with Crippen molar-refractivity contribution in [2.24, 2.45) is 0 Å². The molecule has 0 N–H and O–H groups in total. The van der Waals surface area contributed by atoms with Crippen LogP contribution in [0.2, 0.25) is 0 Å². The summed E-state index contributed by atoms with van der Waals surface area (Å²) in [6, 6.07) is 14.1. The Morgan fingerprint density at radius 1 is 1.06 bits per heavy atom. The van der Waals surface area contributed by atoms with E-state index in [-0.39, 0.29) is 0 Å². The first-order chi connectivity index (χ1) is 15.2. The molecule has 0 saturated carbocycles. The molecule has 1 aliphatic rings. The van der Waals surface area contributed by atoms with E-state index in [1.165, 1.54) is 0 Å². The van der Waals surface area contributed by atoms with Gasteiger partial charge in [-0.25, -0.2) is 4.39 Å². The summed E-state index contributed by atoms with van der Waals surface area (Å²) in [6.45, 7) is 4.76. The number of hydrogen-bond acceptors (Lipinski definition) is 4. The Labute approximate surface area is 184 Å². The Balaban J connectivity index is 1.73. The van der Waals surface area contributed by atoms with Crippen molar-refractivity contribution in [1.29, 1.82) is 0 Å². The molecule has 0 atom stereocenters. The molecule has 0 radical (unpaired) electrons. The Morgan fingerprint density at radius 2 is 1.87 bits per heavy atom. The number of halogens is 1. The summed E-state index contributed by atoms with van der Waals surface area (Å²) < 4.78 is 24.3. The standard InChI is InChI=1S/C26H32FNO3/c1-2-3-15-30-16-17-31-25-9-6-22(7-10-25)23-8-11-26-24(19-23)18-21(20-29)5-4-13-28(26)14-12-27/h6-11,18-20H,2-5,12-17H2,1H3/b21-18+. The number of rotatable bonds is 11. The summed E-state index contributed by atoms with van der Waals surface area (Å²) in [5.74, 6) is 0.811. The molecule has 3 rings (SSSR count). The first-order valence-electron chi connectivity index (χ1n) is 11.2. The molecule has 2 aromatic rings. The SMILES string of the molecule is CCCCOCCOc1ccc(-c2ccc3c(c2)/C=C(/C=O)CCCN3CCF)cc1. The van der Waals surface area contributed by atoms with Gasteiger partial charge in [0.25, 0.3) is 0 Å². The summed E-state index contributed by atoms with van der Waals surface area (Å²) in [5, 5.41) is 0. The van der Waals surface area contributed by atoms with Gasteiger partial charge >= 0.3 is 0 Å². The Hall–Kier alpha value is -2.66. The van der Waals surface area contributed by atoms with E-state index in [9.17, 15) is 9.18 Å². The number of benzene rings is 2. The van der Waals surface area contributed by atoms with Crippen LogP contribution in [0.25, 0.3) is 17.2 Å². The molecule has 1 aliphatic heterocycles. The zero-order valence-corrected chi connectivity index (χ0v) is 18.3. The molecule has 5 heteroatoms. The number of alkyl halides is 1. The van der Waals surface area contributed by atoms with E-state index in [1.54, 1.807) is 0 Å². The van der Waals surface area contributed by atoms with Gasteiger partial charge in [-0.3, -0.25) is 4.79 Å². The number of aldehydes is 1. The molecule has 166 valence electrons. The Morgan fingerprint density at radius 3 is 2.61 bits per heavy atom. The lowest BCUT2D eigenvalue weighted by atomic mass is 9.97. The number of ether oxygens (including phenoxy) is 2. The summed E-state index contributed by atoms with van der Waals surface area (Å²) >= 11 is 0. The first-order valence-corrected chi connectivity index (χ1v) is 11.2. The molecule has 0 amide bonds. The highest BCUT2D eigenvalue weighted by Gasteiger charge is 2.15. The summed E-state index contributed by atoms with van der Waals surface area (Å²) in [5.41, 5.74) is 4.83. The van der Waals surface area contributed by atoms with Gasteiger partial charge in [0, 0.05) is 25.4 Å². The number of unbranched alkanes of at least 4 members (excludes halogenated alkanes) is 1. The molecule has 0 aromatic heterocycles. The average Bonchev–Trinajstić information content (AvgIpc) is 2.79. The minimum absolute atomic E-state index is 0.366. The van der Waals surface area contributed by atoms with Crippen LogP contribution < -0.4 is 9.64 Å². The molecular weight excluding hydrogens is 393 g/mol. The topological polar surface area (TPSA) is 38.8 Å². The number of allylic oxidation sites excluding steroid dienone is 1. The maximum absolute atomic E-state index is 13.1.